The van der Waals surface area contributed by atoms with Crippen molar-refractivity contribution in [2.75, 3.05) is 13.2 Å². The topological polar surface area (TPSA) is 63.2 Å². The monoisotopic (exact) mass is 363 g/mol. The number of aromatic nitrogens is 1. The fourth-order valence-electron chi connectivity index (χ4n) is 2.27. The van der Waals surface area contributed by atoms with Crippen LogP contribution in [0.2, 0.25) is 0 Å². The number of carbonyl (C=O) groups is 1. The molecule has 0 spiro atoms. The first-order valence-corrected chi connectivity index (χ1v) is 8.95. The van der Waals surface area contributed by atoms with Gasteiger partial charge in [-0.1, -0.05) is 0 Å². The third-order valence-corrected chi connectivity index (χ3v) is 4.80. The average molecular weight is 364 g/mol. The van der Waals surface area contributed by atoms with Crippen molar-refractivity contribution in [3.05, 3.63) is 52.0 Å². The number of thiophene rings is 1. The molecule has 2 heterocycles. The molecule has 0 fully saturated rings. The molecule has 0 aliphatic heterocycles. The zero-order valence-corrected chi connectivity index (χ0v) is 15.4. The molecule has 2 rings (SSSR count). The zero-order chi connectivity index (χ0) is 17.4. The van der Waals surface area contributed by atoms with E-state index >= 15 is 0 Å². The van der Waals surface area contributed by atoms with E-state index in [0.717, 1.165) is 6.42 Å². The van der Waals surface area contributed by atoms with E-state index in [0.29, 0.717) is 18.3 Å². The summed E-state index contributed by atoms with van der Waals surface area (Å²) in [6, 6.07) is 6.21. The van der Waals surface area contributed by atoms with E-state index < -0.39 is 0 Å². The molecule has 0 aliphatic carbocycles. The van der Waals surface area contributed by atoms with Gasteiger partial charge in [0.25, 0.3) is 0 Å². The number of thiocarbonyl (C=S) groups is 1. The van der Waals surface area contributed by atoms with E-state index in [9.17, 15) is 4.79 Å². The Labute approximate surface area is 151 Å². The number of aryl methyl sites for hydroxylation is 1. The number of pyridine rings is 1. The number of nitrogens with zero attached hydrogens (tertiary/aromatic N) is 1. The van der Waals surface area contributed by atoms with Crippen LogP contribution in [0.3, 0.4) is 0 Å². The number of rotatable bonds is 7. The van der Waals surface area contributed by atoms with Crippen molar-refractivity contribution in [1.29, 1.82) is 0 Å². The van der Waals surface area contributed by atoms with Crippen LogP contribution in [0.5, 0.6) is 0 Å². The quantitative estimate of drug-likeness (QED) is 0.448. The molecule has 2 aromatic rings. The second-order valence-corrected chi connectivity index (χ2v) is 6.68. The number of ether oxygens (including phenoxy) is 1. The van der Waals surface area contributed by atoms with Crippen molar-refractivity contribution in [3.63, 3.8) is 0 Å². The van der Waals surface area contributed by atoms with E-state index in [2.05, 4.69) is 34.0 Å². The van der Waals surface area contributed by atoms with E-state index in [1.807, 2.05) is 12.1 Å². The van der Waals surface area contributed by atoms with Crippen LogP contribution in [-0.4, -0.2) is 29.2 Å². The second-order valence-electron chi connectivity index (χ2n) is 5.32. The lowest BCUT2D eigenvalue weighted by atomic mass is 10.0. The molecule has 0 aromatic carbocycles. The summed E-state index contributed by atoms with van der Waals surface area (Å²) >= 11 is 7.09. The summed E-state index contributed by atoms with van der Waals surface area (Å²) in [5.41, 5.74) is 2.44. The van der Waals surface area contributed by atoms with Crippen LogP contribution in [0.15, 0.2) is 36.0 Å². The third kappa shape index (κ3) is 5.90. The molecule has 5 nitrogen and oxygen atoms in total. The molecule has 0 radical (unpaired) electrons. The minimum Gasteiger partial charge on any atom is -0.464 e. The highest BCUT2D eigenvalue weighted by Gasteiger charge is 2.17. The van der Waals surface area contributed by atoms with Gasteiger partial charge in [-0.2, -0.15) is 0 Å². The highest BCUT2D eigenvalue weighted by atomic mass is 32.1. The van der Waals surface area contributed by atoms with Gasteiger partial charge in [0.2, 0.25) is 0 Å². The fourth-order valence-corrected chi connectivity index (χ4v) is 3.50. The molecular formula is C17H21N3O2S2. The molecule has 0 saturated carbocycles. The maximum atomic E-state index is 10.8. The molecule has 0 amide bonds. The lowest BCUT2D eigenvalue weighted by Gasteiger charge is -2.21. The van der Waals surface area contributed by atoms with Gasteiger partial charge in [0.05, 0.1) is 12.6 Å². The molecule has 0 saturated heterocycles. The first-order chi connectivity index (χ1) is 11.6. The van der Waals surface area contributed by atoms with E-state index in [1.165, 1.54) is 22.9 Å². The minimum atomic E-state index is -0.291. The predicted octanol–water partition coefficient (Wildman–Crippen LogP) is 2.76. The maximum absolute atomic E-state index is 10.8. The van der Waals surface area contributed by atoms with Gasteiger partial charge in [0.1, 0.15) is 6.61 Å². The smallest absolute Gasteiger partial charge is 0.302 e. The van der Waals surface area contributed by atoms with Gasteiger partial charge in [-0.15, -0.1) is 11.3 Å². The highest BCUT2D eigenvalue weighted by Crippen LogP contribution is 2.26. The highest BCUT2D eigenvalue weighted by molar-refractivity contribution is 7.80. The van der Waals surface area contributed by atoms with Crippen LogP contribution in [0.25, 0.3) is 0 Å². The van der Waals surface area contributed by atoms with Crippen LogP contribution in [0.1, 0.15) is 29.0 Å². The Morgan fingerprint density at radius 1 is 1.38 bits per heavy atom. The molecule has 128 valence electrons. The first-order valence-electron chi connectivity index (χ1n) is 7.67. The number of carbonyl (C=O) groups excluding carboxylic acids is 1. The zero-order valence-electron chi connectivity index (χ0n) is 13.7. The maximum Gasteiger partial charge on any atom is 0.302 e. The summed E-state index contributed by atoms with van der Waals surface area (Å²) in [5, 5.41) is 9.07. The van der Waals surface area contributed by atoms with Gasteiger partial charge >= 0.3 is 5.97 Å². The minimum absolute atomic E-state index is 0.0844. The van der Waals surface area contributed by atoms with Crippen molar-refractivity contribution in [1.82, 2.24) is 15.6 Å². The molecule has 1 unspecified atom stereocenters. The number of esters is 1. The Balaban J connectivity index is 1.97. The molecule has 2 N–H and O–H groups in total. The van der Waals surface area contributed by atoms with E-state index in [4.69, 9.17) is 17.0 Å². The van der Waals surface area contributed by atoms with Crippen LogP contribution in [0.4, 0.5) is 0 Å². The van der Waals surface area contributed by atoms with Gasteiger partial charge < -0.3 is 15.4 Å². The fraction of sp³-hybridized carbons (Fsp3) is 0.353. The van der Waals surface area contributed by atoms with Gasteiger partial charge in [-0.05, 0) is 60.3 Å². The van der Waals surface area contributed by atoms with Gasteiger partial charge in [0, 0.05) is 24.2 Å². The summed E-state index contributed by atoms with van der Waals surface area (Å²) in [4.78, 5) is 16.1. The van der Waals surface area contributed by atoms with Crippen molar-refractivity contribution in [2.24, 2.45) is 0 Å². The Kier molecular flexibility index (Phi) is 7.14. The summed E-state index contributed by atoms with van der Waals surface area (Å²) in [6.45, 7) is 4.27. The second kappa shape index (κ2) is 9.34. The third-order valence-electron chi connectivity index (χ3n) is 3.41. The molecule has 2 aromatic heterocycles. The first kappa shape index (κ1) is 18.4. The molecule has 0 aliphatic rings. The van der Waals surface area contributed by atoms with Crippen molar-refractivity contribution in [3.8, 4) is 0 Å². The van der Waals surface area contributed by atoms with Crippen LogP contribution < -0.4 is 10.6 Å². The summed E-state index contributed by atoms with van der Waals surface area (Å²) in [6.07, 6.45) is 4.41. The Morgan fingerprint density at radius 2 is 2.12 bits per heavy atom. The Hall–Kier alpha value is -1.99. The molecule has 0 bridgehead atoms. The summed E-state index contributed by atoms with van der Waals surface area (Å²) < 4.78 is 4.89. The van der Waals surface area contributed by atoms with Crippen LogP contribution >= 0.6 is 23.6 Å². The van der Waals surface area contributed by atoms with Gasteiger partial charge in [-0.3, -0.25) is 9.78 Å². The van der Waals surface area contributed by atoms with Crippen molar-refractivity contribution < 1.29 is 9.53 Å². The summed E-state index contributed by atoms with van der Waals surface area (Å²) in [5.74, 6) is -0.291. The van der Waals surface area contributed by atoms with Crippen molar-refractivity contribution in [2.45, 2.75) is 26.3 Å². The predicted molar refractivity (Wildman–Crippen MR) is 100 cm³/mol. The molecule has 24 heavy (non-hydrogen) atoms. The molecular weight excluding hydrogens is 342 g/mol. The number of hydrogen-bond acceptors (Lipinski definition) is 5. The van der Waals surface area contributed by atoms with Crippen LogP contribution in [0, 0.1) is 6.92 Å². The lowest BCUT2D eigenvalue weighted by molar-refractivity contribution is -0.140. The van der Waals surface area contributed by atoms with E-state index in [-0.39, 0.29) is 12.0 Å². The summed E-state index contributed by atoms with van der Waals surface area (Å²) in [7, 11) is 0. The largest absolute Gasteiger partial charge is 0.464 e. The van der Waals surface area contributed by atoms with Crippen LogP contribution in [-0.2, 0) is 16.0 Å². The Bertz CT molecular complexity index is 673. The lowest BCUT2D eigenvalue weighted by Crippen LogP contribution is -2.40. The van der Waals surface area contributed by atoms with Gasteiger partial charge in [0.15, 0.2) is 5.11 Å². The number of nitrogens with one attached hydrogen (secondary N) is 2. The van der Waals surface area contributed by atoms with E-state index in [1.54, 1.807) is 23.7 Å². The molecule has 1 atom stereocenters. The Morgan fingerprint density at radius 3 is 2.75 bits per heavy atom. The normalized spacial score (nSPS) is 11.6. The standard InChI is InChI=1S/C17H21N3O2S2/c1-12-5-10-24-16(12)15(11-14-3-6-18-7-4-14)20-17(23)19-8-9-22-13(2)21/h3-7,10,15H,8-9,11H2,1-2H3,(H2,19,20,23). The van der Waals surface area contributed by atoms with Gasteiger partial charge in [-0.25, -0.2) is 0 Å². The average Bonchev–Trinajstić information content (AvgIpc) is 2.98. The van der Waals surface area contributed by atoms with Crippen molar-refractivity contribution >= 4 is 34.6 Å². The molecule has 7 heteroatoms. The number of hydrogen-bond donors (Lipinski definition) is 2. The SMILES string of the molecule is CC(=O)OCCNC(=S)NC(Cc1ccncc1)c1sccc1C.